The molecule has 1 aromatic rings. The molecule has 3 heteroatoms. The first-order chi connectivity index (χ1) is 8.74. The van der Waals surface area contributed by atoms with Gasteiger partial charge in [0, 0.05) is 13.2 Å². The van der Waals surface area contributed by atoms with Crippen molar-refractivity contribution in [3.05, 3.63) is 18.0 Å². The Hall–Kier alpha value is -0.830. The fraction of sp³-hybridized carbons (Fsp3) is 0.800. The van der Waals surface area contributed by atoms with Gasteiger partial charge in [-0.1, -0.05) is 40.0 Å². The van der Waals surface area contributed by atoms with Crippen molar-refractivity contribution in [3.8, 4) is 0 Å². The number of hydrogen-bond acceptors (Lipinski definition) is 2. The monoisotopic (exact) mass is 251 g/mol. The van der Waals surface area contributed by atoms with Gasteiger partial charge in [0.05, 0.1) is 11.7 Å². The molecule has 2 atom stereocenters. The van der Waals surface area contributed by atoms with Crippen LogP contribution in [0.5, 0.6) is 0 Å². The predicted molar refractivity (Wildman–Crippen MR) is 77.5 cm³/mol. The van der Waals surface area contributed by atoms with Gasteiger partial charge in [0.25, 0.3) is 0 Å². The summed E-state index contributed by atoms with van der Waals surface area (Å²) in [6.07, 6.45) is 8.22. The summed E-state index contributed by atoms with van der Waals surface area (Å²) in [5, 5.41) is 8.03. The van der Waals surface area contributed by atoms with Crippen LogP contribution in [0.15, 0.2) is 12.3 Å². The number of unbranched alkanes of at least 4 members (excludes halogenated alkanes) is 1. The molecule has 1 heterocycles. The van der Waals surface area contributed by atoms with Crippen molar-refractivity contribution < 1.29 is 0 Å². The number of aryl methyl sites for hydroxylation is 1. The molecule has 18 heavy (non-hydrogen) atoms. The molecule has 1 aromatic heterocycles. The van der Waals surface area contributed by atoms with Crippen LogP contribution in [0.2, 0.25) is 0 Å². The van der Waals surface area contributed by atoms with E-state index in [2.05, 4.69) is 37.3 Å². The number of hydrogen-bond donors (Lipinski definition) is 1. The first-order valence-corrected chi connectivity index (χ1v) is 7.45. The smallest absolute Gasteiger partial charge is 0.0553 e. The third-order valence-electron chi connectivity index (χ3n) is 3.72. The van der Waals surface area contributed by atoms with Gasteiger partial charge < -0.3 is 5.32 Å². The quantitative estimate of drug-likeness (QED) is 0.725. The van der Waals surface area contributed by atoms with Gasteiger partial charge in [-0.15, -0.1) is 0 Å². The van der Waals surface area contributed by atoms with Crippen LogP contribution in [-0.2, 0) is 7.05 Å². The lowest BCUT2D eigenvalue weighted by molar-refractivity contribution is 0.311. The summed E-state index contributed by atoms with van der Waals surface area (Å²) < 4.78 is 2.02. The van der Waals surface area contributed by atoms with Gasteiger partial charge >= 0.3 is 0 Å². The molecule has 104 valence electrons. The van der Waals surface area contributed by atoms with Crippen molar-refractivity contribution in [3.63, 3.8) is 0 Å². The Labute approximate surface area is 112 Å². The van der Waals surface area contributed by atoms with E-state index < -0.39 is 0 Å². The lowest BCUT2D eigenvalue weighted by atomic mass is 9.89. The van der Waals surface area contributed by atoms with E-state index in [9.17, 15) is 0 Å². The zero-order valence-corrected chi connectivity index (χ0v) is 12.4. The molecular formula is C15H29N3. The van der Waals surface area contributed by atoms with E-state index in [0.717, 1.165) is 6.54 Å². The van der Waals surface area contributed by atoms with Crippen molar-refractivity contribution in [1.29, 1.82) is 0 Å². The number of nitrogens with zero attached hydrogens (tertiary/aromatic N) is 2. The maximum Gasteiger partial charge on any atom is 0.0553 e. The van der Waals surface area contributed by atoms with E-state index in [-0.39, 0.29) is 0 Å². The van der Waals surface area contributed by atoms with E-state index in [0.29, 0.717) is 12.0 Å². The maximum atomic E-state index is 4.32. The molecule has 1 rings (SSSR count). The van der Waals surface area contributed by atoms with Crippen LogP contribution >= 0.6 is 0 Å². The molecule has 0 spiro atoms. The minimum Gasteiger partial charge on any atom is -0.308 e. The highest BCUT2D eigenvalue weighted by atomic mass is 15.3. The van der Waals surface area contributed by atoms with Gasteiger partial charge in [-0.25, -0.2) is 0 Å². The SMILES string of the molecule is CCCCC(CC)C(NCCC)c1ccnn1C. The van der Waals surface area contributed by atoms with Gasteiger partial charge in [0.1, 0.15) is 0 Å². The molecule has 0 aliphatic heterocycles. The molecule has 0 saturated carbocycles. The van der Waals surface area contributed by atoms with Crippen molar-refractivity contribution in [2.24, 2.45) is 13.0 Å². The zero-order chi connectivity index (χ0) is 13.4. The van der Waals surface area contributed by atoms with Crippen LogP contribution in [-0.4, -0.2) is 16.3 Å². The first-order valence-electron chi connectivity index (χ1n) is 7.45. The van der Waals surface area contributed by atoms with Gasteiger partial charge in [0.2, 0.25) is 0 Å². The molecule has 2 unspecified atom stereocenters. The highest BCUT2D eigenvalue weighted by Crippen LogP contribution is 2.28. The largest absolute Gasteiger partial charge is 0.308 e. The summed E-state index contributed by atoms with van der Waals surface area (Å²) in [7, 11) is 2.04. The second kappa shape index (κ2) is 8.30. The van der Waals surface area contributed by atoms with Crippen molar-refractivity contribution in [2.75, 3.05) is 6.54 Å². The zero-order valence-electron chi connectivity index (χ0n) is 12.4. The van der Waals surface area contributed by atoms with E-state index in [1.807, 2.05) is 17.9 Å². The summed E-state index contributed by atoms with van der Waals surface area (Å²) in [5.41, 5.74) is 1.33. The molecule has 0 radical (unpaired) electrons. The normalized spacial score (nSPS) is 14.7. The van der Waals surface area contributed by atoms with Crippen molar-refractivity contribution in [2.45, 2.75) is 58.9 Å². The van der Waals surface area contributed by atoms with E-state index >= 15 is 0 Å². The van der Waals surface area contributed by atoms with Crippen LogP contribution in [0.25, 0.3) is 0 Å². The Balaban J connectivity index is 2.78. The number of rotatable bonds is 9. The molecule has 0 amide bonds. The minimum absolute atomic E-state index is 0.453. The third kappa shape index (κ3) is 4.13. The second-order valence-corrected chi connectivity index (χ2v) is 5.12. The van der Waals surface area contributed by atoms with Crippen LogP contribution in [0.3, 0.4) is 0 Å². The molecule has 0 fully saturated rings. The average Bonchev–Trinajstić information content (AvgIpc) is 2.79. The third-order valence-corrected chi connectivity index (χ3v) is 3.72. The molecular weight excluding hydrogens is 222 g/mol. The van der Waals surface area contributed by atoms with Gasteiger partial charge in [-0.05, 0) is 31.4 Å². The molecule has 0 bridgehead atoms. The Bertz CT molecular complexity index is 319. The Morgan fingerprint density at radius 1 is 1.28 bits per heavy atom. The Morgan fingerprint density at radius 3 is 2.56 bits per heavy atom. The minimum atomic E-state index is 0.453. The lowest BCUT2D eigenvalue weighted by Crippen LogP contribution is -2.30. The summed E-state index contributed by atoms with van der Waals surface area (Å²) in [6, 6.07) is 2.61. The molecule has 0 aliphatic carbocycles. The molecule has 3 nitrogen and oxygen atoms in total. The fourth-order valence-electron chi connectivity index (χ4n) is 2.57. The lowest BCUT2D eigenvalue weighted by Gasteiger charge is -2.27. The molecule has 0 aromatic carbocycles. The number of aromatic nitrogens is 2. The van der Waals surface area contributed by atoms with Gasteiger partial charge in [0.15, 0.2) is 0 Å². The highest BCUT2D eigenvalue weighted by Gasteiger charge is 2.23. The molecule has 0 aliphatic rings. The van der Waals surface area contributed by atoms with Crippen molar-refractivity contribution >= 4 is 0 Å². The summed E-state index contributed by atoms with van der Waals surface area (Å²) >= 11 is 0. The highest BCUT2D eigenvalue weighted by molar-refractivity contribution is 5.08. The average molecular weight is 251 g/mol. The van der Waals surface area contributed by atoms with Gasteiger partial charge in [-0.2, -0.15) is 5.10 Å². The Kier molecular flexibility index (Phi) is 7.02. The van der Waals surface area contributed by atoms with Crippen LogP contribution in [0.1, 0.15) is 64.6 Å². The predicted octanol–water partition coefficient (Wildman–Crippen LogP) is 3.68. The van der Waals surface area contributed by atoms with Crippen LogP contribution in [0.4, 0.5) is 0 Å². The summed E-state index contributed by atoms with van der Waals surface area (Å²) in [5.74, 6) is 0.715. The number of nitrogens with one attached hydrogen (secondary N) is 1. The van der Waals surface area contributed by atoms with E-state index in [1.165, 1.54) is 37.8 Å². The summed E-state index contributed by atoms with van der Waals surface area (Å²) in [6.45, 7) is 7.88. The van der Waals surface area contributed by atoms with Crippen molar-refractivity contribution in [1.82, 2.24) is 15.1 Å². The Morgan fingerprint density at radius 2 is 2.06 bits per heavy atom. The first kappa shape index (κ1) is 15.2. The second-order valence-electron chi connectivity index (χ2n) is 5.12. The standard InChI is InChI=1S/C15H29N3/c1-5-8-9-13(7-3)15(16-11-6-2)14-10-12-17-18(14)4/h10,12-13,15-16H,5-9,11H2,1-4H3. The topological polar surface area (TPSA) is 29.9 Å². The fourth-order valence-corrected chi connectivity index (χ4v) is 2.57. The maximum absolute atomic E-state index is 4.32. The summed E-state index contributed by atoms with van der Waals surface area (Å²) in [4.78, 5) is 0. The van der Waals surface area contributed by atoms with Gasteiger partial charge in [-0.3, -0.25) is 4.68 Å². The molecule has 0 saturated heterocycles. The molecule has 1 N–H and O–H groups in total. The van der Waals surface area contributed by atoms with E-state index in [1.54, 1.807) is 0 Å². The van der Waals surface area contributed by atoms with Crippen LogP contribution < -0.4 is 5.32 Å². The van der Waals surface area contributed by atoms with E-state index in [4.69, 9.17) is 0 Å². The van der Waals surface area contributed by atoms with Crippen LogP contribution in [0, 0.1) is 5.92 Å².